The van der Waals surface area contributed by atoms with Crippen molar-refractivity contribution in [3.05, 3.63) is 59.9 Å². The molecule has 1 heterocycles. The Hall–Kier alpha value is -2.40. The Balaban J connectivity index is 1.89. The average molecular weight is 285 g/mol. The standard InChI is InChI=1S/C16H19N3O2/c1-12-4-6-13(7-5-12)9-15(11-20)19-16(21)18-14-3-2-8-17-10-14/h2-8,10,15,20H,9,11H2,1H3,(H2,18,19,21). The van der Waals surface area contributed by atoms with Crippen molar-refractivity contribution in [2.24, 2.45) is 0 Å². The van der Waals surface area contributed by atoms with Gasteiger partial charge in [0.25, 0.3) is 0 Å². The van der Waals surface area contributed by atoms with Crippen LogP contribution in [0.5, 0.6) is 0 Å². The number of amides is 2. The number of nitrogens with one attached hydrogen (secondary N) is 2. The molecule has 5 nitrogen and oxygen atoms in total. The lowest BCUT2D eigenvalue weighted by molar-refractivity contribution is 0.224. The van der Waals surface area contributed by atoms with E-state index in [1.807, 2.05) is 31.2 Å². The first-order chi connectivity index (χ1) is 10.2. The molecule has 0 bridgehead atoms. The Morgan fingerprint density at radius 1 is 1.29 bits per heavy atom. The Morgan fingerprint density at radius 2 is 2.05 bits per heavy atom. The largest absolute Gasteiger partial charge is 0.394 e. The zero-order valence-corrected chi connectivity index (χ0v) is 11.9. The minimum Gasteiger partial charge on any atom is -0.394 e. The van der Waals surface area contributed by atoms with Gasteiger partial charge in [-0.25, -0.2) is 4.79 Å². The van der Waals surface area contributed by atoms with Crippen LogP contribution in [0.1, 0.15) is 11.1 Å². The highest BCUT2D eigenvalue weighted by Crippen LogP contribution is 2.07. The maximum atomic E-state index is 11.9. The normalized spacial score (nSPS) is 11.7. The second-order valence-electron chi connectivity index (χ2n) is 4.91. The van der Waals surface area contributed by atoms with Crippen LogP contribution in [0.25, 0.3) is 0 Å². The first-order valence-corrected chi connectivity index (χ1v) is 6.81. The van der Waals surface area contributed by atoms with E-state index in [2.05, 4.69) is 15.6 Å². The number of carbonyl (C=O) groups is 1. The van der Waals surface area contributed by atoms with Crippen molar-refractivity contribution in [2.75, 3.05) is 11.9 Å². The third kappa shape index (κ3) is 4.89. The van der Waals surface area contributed by atoms with Gasteiger partial charge in [-0.2, -0.15) is 0 Å². The number of rotatable bonds is 5. The summed E-state index contributed by atoms with van der Waals surface area (Å²) < 4.78 is 0. The zero-order chi connectivity index (χ0) is 15.1. The molecular weight excluding hydrogens is 266 g/mol. The van der Waals surface area contributed by atoms with E-state index in [1.165, 1.54) is 5.56 Å². The summed E-state index contributed by atoms with van der Waals surface area (Å²) in [6, 6.07) is 10.8. The molecule has 21 heavy (non-hydrogen) atoms. The van der Waals surface area contributed by atoms with Gasteiger partial charge in [0.1, 0.15) is 0 Å². The van der Waals surface area contributed by atoms with Gasteiger partial charge in [-0.3, -0.25) is 4.98 Å². The molecular formula is C16H19N3O2. The van der Waals surface area contributed by atoms with Crippen LogP contribution < -0.4 is 10.6 Å². The van der Waals surface area contributed by atoms with Gasteiger partial charge in [0.05, 0.1) is 24.5 Å². The summed E-state index contributed by atoms with van der Waals surface area (Å²) in [5, 5.41) is 14.8. The summed E-state index contributed by atoms with van der Waals surface area (Å²) in [6.07, 6.45) is 3.78. The summed E-state index contributed by atoms with van der Waals surface area (Å²) in [7, 11) is 0. The predicted molar refractivity (Wildman–Crippen MR) is 82.1 cm³/mol. The molecule has 0 saturated heterocycles. The van der Waals surface area contributed by atoms with Gasteiger partial charge in [-0.15, -0.1) is 0 Å². The van der Waals surface area contributed by atoms with Gasteiger partial charge in [0.2, 0.25) is 0 Å². The van der Waals surface area contributed by atoms with Crippen LogP contribution in [0.4, 0.5) is 10.5 Å². The number of anilines is 1. The molecule has 0 radical (unpaired) electrons. The molecule has 110 valence electrons. The van der Waals surface area contributed by atoms with Crippen LogP contribution >= 0.6 is 0 Å². The molecule has 5 heteroatoms. The number of hydrogen-bond donors (Lipinski definition) is 3. The third-order valence-corrected chi connectivity index (χ3v) is 3.08. The van der Waals surface area contributed by atoms with Crippen LogP contribution in [0.3, 0.4) is 0 Å². The van der Waals surface area contributed by atoms with E-state index in [0.717, 1.165) is 5.56 Å². The first kappa shape index (κ1) is 15.0. The molecule has 0 aliphatic heterocycles. The van der Waals surface area contributed by atoms with Gasteiger partial charge in [-0.1, -0.05) is 29.8 Å². The maximum absolute atomic E-state index is 11.9. The summed E-state index contributed by atoms with van der Waals surface area (Å²) in [4.78, 5) is 15.8. The molecule has 1 unspecified atom stereocenters. The number of carbonyl (C=O) groups excluding carboxylic acids is 1. The topological polar surface area (TPSA) is 74.2 Å². The van der Waals surface area contributed by atoms with Crippen molar-refractivity contribution in [2.45, 2.75) is 19.4 Å². The molecule has 2 rings (SSSR count). The summed E-state index contributed by atoms with van der Waals surface area (Å²) in [5.41, 5.74) is 2.87. The SMILES string of the molecule is Cc1ccc(CC(CO)NC(=O)Nc2cccnc2)cc1. The van der Waals surface area contributed by atoms with Crippen molar-refractivity contribution in [1.29, 1.82) is 0 Å². The Bertz CT molecular complexity index is 570. The Labute approximate surface area is 124 Å². The van der Waals surface area contributed by atoms with Crippen molar-refractivity contribution in [3.63, 3.8) is 0 Å². The number of aliphatic hydroxyl groups is 1. The van der Waals surface area contributed by atoms with E-state index in [4.69, 9.17) is 0 Å². The second-order valence-corrected chi connectivity index (χ2v) is 4.91. The van der Waals surface area contributed by atoms with E-state index in [0.29, 0.717) is 12.1 Å². The predicted octanol–water partition coefficient (Wildman–Crippen LogP) is 2.12. The fourth-order valence-electron chi connectivity index (χ4n) is 1.96. The van der Waals surface area contributed by atoms with Crippen LogP contribution in [-0.4, -0.2) is 28.8 Å². The van der Waals surface area contributed by atoms with Crippen molar-refractivity contribution >= 4 is 11.7 Å². The number of nitrogens with zero attached hydrogens (tertiary/aromatic N) is 1. The highest BCUT2D eigenvalue weighted by molar-refractivity contribution is 5.89. The fourth-order valence-corrected chi connectivity index (χ4v) is 1.96. The van der Waals surface area contributed by atoms with E-state index in [-0.39, 0.29) is 18.7 Å². The smallest absolute Gasteiger partial charge is 0.319 e. The van der Waals surface area contributed by atoms with Crippen molar-refractivity contribution < 1.29 is 9.90 Å². The molecule has 0 aliphatic rings. The van der Waals surface area contributed by atoms with Crippen LogP contribution in [-0.2, 0) is 6.42 Å². The van der Waals surface area contributed by atoms with Gasteiger partial charge in [-0.05, 0) is 31.0 Å². The third-order valence-electron chi connectivity index (χ3n) is 3.08. The highest BCUT2D eigenvalue weighted by Gasteiger charge is 2.12. The van der Waals surface area contributed by atoms with Gasteiger partial charge < -0.3 is 15.7 Å². The first-order valence-electron chi connectivity index (χ1n) is 6.81. The lowest BCUT2D eigenvalue weighted by Crippen LogP contribution is -2.41. The summed E-state index contributed by atoms with van der Waals surface area (Å²) in [5.74, 6) is 0. The van der Waals surface area contributed by atoms with Gasteiger partial charge in [0, 0.05) is 6.20 Å². The van der Waals surface area contributed by atoms with E-state index >= 15 is 0 Å². The molecule has 0 aliphatic carbocycles. The molecule has 1 aromatic carbocycles. The molecule has 1 aromatic heterocycles. The van der Waals surface area contributed by atoms with Gasteiger partial charge >= 0.3 is 6.03 Å². The molecule has 3 N–H and O–H groups in total. The van der Waals surface area contributed by atoms with Gasteiger partial charge in [0.15, 0.2) is 0 Å². The number of aromatic nitrogens is 1. The lowest BCUT2D eigenvalue weighted by atomic mass is 10.1. The number of urea groups is 1. The van der Waals surface area contributed by atoms with E-state index in [1.54, 1.807) is 24.5 Å². The van der Waals surface area contributed by atoms with Crippen LogP contribution in [0.2, 0.25) is 0 Å². The van der Waals surface area contributed by atoms with Crippen LogP contribution in [0, 0.1) is 6.92 Å². The molecule has 0 spiro atoms. The number of aliphatic hydroxyl groups excluding tert-OH is 1. The zero-order valence-electron chi connectivity index (χ0n) is 11.9. The molecule has 0 saturated carbocycles. The van der Waals surface area contributed by atoms with Crippen molar-refractivity contribution in [3.8, 4) is 0 Å². The number of hydrogen-bond acceptors (Lipinski definition) is 3. The molecule has 0 fully saturated rings. The second kappa shape index (κ2) is 7.40. The van der Waals surface area contributed by atoms with E-state index in [9.17, 15) is 9.90 Å². The Kier molecular flexibility index (Phi) is 5.29. The Morgan fingerprint density at radius 3 is 2.67 bits per heavy atom. The maximum Gasteiger partial charge on any atom is 0.319 e. The summed E-state index contributed by atoms with van der Waals surface area (Å²) in [6.45, 7) is 1.90. The minimum absolute atomic E-state index is 0.117. The number of pyridine rings is 1. The highest BCUT2D eigenvalue weighted by atomic mass is 16.3. The summed E-state index contributed by atoms with van der Waals surface area (Å²) >= 11 is 0. The van der Waals surface area contributed by atoms with Crippen molar-refractivity contribution in [1.82, 2.24) is 10.3 Å². The fraction of sp³-hybridized carbons (Fsp3) is 0.250. The van der Waals surface area contributed by atoms with Crippen LogP contribution in [0.15, 0.2) is 48.8 Å². The average Bonchev–Trinajstić information content (AvgIpc) is 2.49. The number of benzene rings is 1. The monoisotopic (exact) mass is 285 g/mol. The quantitative estimate of drug-likeness (QED) is 0.787. The molecule has 1 atom stereocenters. The van der Waals surface area contributed by atoms with E-state index < -0.39 is 0 Å². The number of aryl methyl sites for hydroxylation is 1. The molecule has 2 amide bonds. The molecule has 2 aromatic rings. The lowest BCUT2D eigenvalue weighted by Gasteiger charge is -2.17. The minimum atomic E-state index is -0.353.